The van der Waals surface area contributed by atoms with E-state index in [1.54, 1.807) is 36.3 Å². The Morgan fingerprint density at radius 1 is 1.54 bits per heavy atom. The molecular weight excluding hydrogens is 182 g/mol. The SMILES string of the molecule is O=C(C1=CSCC1)c1cccnc1. The van der Waals surface area contributed by atoms with Crippen molar-refractivity contribution in [3.8, 4) is 0 Å². The molecule has 0 aromatic carbocycles. The van der Waals surface area contributed by atoms with Crippen LogP contribution < -0.4 is 0 Å². The molecule has 0 radical (unpaired) electrons. The van der Waals surface area contributed by atoms with E-state index in [-0.39, 0.29) is 5.78 Å². The summed E-state index contributed by atoms with van der Waals surface area (Å²) in [7, 11) is 0. The Morgan fingerprint density at radius 2 is 2.46 bits per heavy atom. The van der Waals surface area contributed by atoms with Crippen LogP contribution in [-0.2, 0) is 0 Å². The van der Waals surface area contributed by atoms with E-state index in [1.165, 1.54) is 0 Å². The van der Waals surface area contributed by atoms with Crippen molar-refractivity contribution in [2.45, 2.75) is 6.42 Å². The van der Waals surface area contributed by atoms with Crippen LogP contribution in [0.1, 0.15) is 16.8 Å². The summed E-state index contributed by atoms with van der Waals surface area (Å²) in [4.78, 5) is 15.6. The Balaban J connectivity index is 2.23. The van der Waals surface area contributed by atoms with Crippen molar-refractivity contribution >= 4 is 17.5 Å². The highest BCUT2D eigenvalue weighted by molar-refractivity contribution is 8.02. The summed E-state index contributed by atoms with van der Waals surface area (Å²) in [6.45, 7) is 0. The lowest BCUT2D eigenvalue weighted by Gasteiger charge is -1.98. The van der Waals surface area contributed by atoms with Crippen LogP contribution in [0.25, 0.3) is 0 Å². The van der Waals surface area contributed by atoms with Gasteiger partial charge >= 0.3 is 0 Å². The first-order valence-electron chi connectivity index (χ1n) is 4.13. The van der Waals surface area contributed by atoms with Crippen molar-refractivity contribution < 1.29 is 4.79 Å². The molecule has 0 fully saturated rings. The van der Waals surface area contributed by atoms with Gasteiger partial charge in [-0.2, -0.15) is 0 Å². The second kappa shape index (κ2) is 3.75. The number of Topliss-reactive ketones (excluding diaryl/α,β-unsaturated/α-hetero) is 1. The molecule has 3 heteroatoms. The number of nitrogens with zero attached hydrogens (tertiary/aromatic N) is 1. The molecule has 0 bridgehead atoms. The first-order valence-corrected chi connectivity index (χ1v) is 5.18. The normalized spacial score (nSPS) is 15.5. The van der Waals surface area contributed by atoms with E-state index in [4.69, 9.17) is 0 Å². The second-order valence-electron chi connectivity index (χ2n) is 2.83. The van der Waals surface area contributed by atoms with Crippen LogP contribution >= 0.6 is 11.8 Å². The molecule has 0 atom stereocenters. The number of pyridine rings is 1. The predicted molar refractivity (Wildman–Crippen MR) is 53.7 cm³/mol. The highest BCUT2D eigenvalue weighted by Crippen LogP contribution is 2.24. The molecule has 0 unspecified atom stereocenters. The van der Waals surface area contributed by atoms with Crippen molar-refractivity contribution in [2.75, 3.05) is 5.75 Å². The molecule has 2 heterocycles. The molecule has 2 rings (SSSR count). The van der Waals surface area contributed by atoms with E-state index in [0.717, 1.165) is 17.7 Å². The standard InChI is InChI=1S/C10H9NOS/c12-10(9-3-5-13-7-9)8-2-1-4-11-6-8/h1-2,4,6-7H,3,5H2. The monoisotopic (exact) mass is 191 g/mol. The largest absolute Gasteiger partial charge is 0.289 e. The van der Waals surface area contributed by atoms with Gasteiger partial charge in [0.05, 0.1) is 0 Å². The number of carbonyl (C=O) groups is 1. The van der Waals surface area contributed by atoms with Gasteiger partial charge < -0.3 is 0 Å². The number of rotatable bonds is 2. The molecule has 0 saturated heterocycles. The highest BCUT2D eigenvalue weighted by atomic mass is 32.2. The molecule has 1 aliphatic rings. The van der Waals surface area contributed by atoms with Crippen molar-refractivity contribution in [1.82, 2.24) is 4.98 Å². The Kier molecular flexibility index (Phi) is 2.45. The van der Waals surface area contributed by atoms with Crippen molar-refractivity contribution in [3.05, 3.63) is 41.1 Å². The third-order valence-electron chi connectivity index (χ3n) is 1.93. The van der Waals surface area contributed by atoms with Gasteiger partial charge in [0.25, 0.3) is 0 Å². The van der Waals surface area contributed by atoms with E-state index in [0.29, 0.717) is 5.56 Å². The van der Waals surface area contributed by atoms with Crippen LogP contribution in [0.5, 0.6) is 0 Å². The van der Waals surface area contributed by atoms with Crippen LogP contribution in [0.4, 0.5) is 0 Å². The van der Waals surface area contributed by atoms with E-state index in [9.17, 15) is 4.79 Å². The summed E-state index contributed by atoms with van der Waals surface area (Å²) in [6, 6.07) is 3.59. The molecule has 66 valence electrons. The first-order chi connectivity index (χ1) is 6.38. The predicted octanol–water partition coefficient (Wildman–Crippen LogP) is 2.29. The number of allylic oxidation sites excluding steroid dienone is 1. The van der Waals surface area contributed by atoms with Crippen LogP contribution in [0.15, 0.2) is 35.5 Å². The van der Waals surface area contributed by atoms with Gasteiger partial charge in [0.1, 0.15) is 0 Å². The summed E-state index contributed by atoms with van der Waals surface area (Å²) in [5.74, 6) is 1.15. The van der Waals surface area contributed by atoms with Crippen molar-refractivity contribution in [2.24, 2.45) is 0 Å². The second-order valence-corrected chi connectivity index (χ2v) is 3.81. The molecule has 0 spiro atoms. The molecular formula is C10H9NOS. The maximum absolute atomic E-state index is 11.7. The molecule has 13 heavy (non-hydrogen) atoms. The quantitative estimate of drug-likeness (QED) is 0.672. The van der Waals surface area contributed by atoms with E-state index in [1.807, 2.05) is 5.41 Å². The lowest BCUT2D eigenvalue weighted by atomic mass is 10.1. The van der Waals surface area contributed by atoms with Crippen LogP contribution in [0.2, 0.25) is 0 Å². The first kappa shape index (κ1) is 8.51. The molecule has 0 N–H and O–H groups in total. The third-order valence-corrected chi connectivity index (χ3v) is 2.82. The molecule has 1 aromatic rings. The van der Waals surface area contributed by atoms with Gasteiger partial charge in [-0.05, 0) is 24.0 Å². The fraction of sp³-hybridized carbons (Fsp3) is 0.200. The Labute approximate surface area is 81.1 Å². The average molecular weight is 191 g/mol. The molecule has 0 amide bonds. The lowest BCUT2D eigenvalue weighted by molar-refractivity contribution is 0.103. The minimum Gasteiger partial charge on any atom is -0.289 e. The zero-order chi connectivity index (χ0) is 9.10. The van der Waals surface area contributed by atoms with Gasteiger partial charge in [0.2, 0.25) is 0 Å². The maximum atomic E-state index is 11.7. The highest BCUT2D eigenvalue weighted by Gasteiger charge is 2.15. The number of ketones is 1. The van der Waals surface area contributed by atoms with Crippen LogP contribution in [-0.4, -0.2) is 16.5 Å². The molecule has 0 saturated carbocycles. The number of aromatic nitrogens is 1. The minimum absolute atomic E-state index is 0.123. The minimum atomic E-state index is 0.123. The summed E-state index contributed by atoms with van der Waals surface area (Å²) < 4.78 is 0. The summed E-state index contributed by atoms with van der Waals surface area (Å²) in [5.41, 5.74) is 1.61. The summed E-state index contributed by atoms with van der Waals surface area (Å²) in [5, 5.41) is 1.95. The Bertz CT molecular complexity index is 345. The Morgan fingerprint density at radius 3 is 3.08 bits per heavy atom. The van der Waals surface area contributed by atoms with Crippen molar-refractivity contribution in [1.29, 1.82) is 0 Å². The number of thioether (sulfide) groups is 1. The molecule has 2 nitrogen and oxygen atoms in total. The van der Waals surface area contributed by atoms with Crippen LogP contribution in [0, 0.1) is 0 Å². The number of carbonyl (C=O) groups excluding carboxylic acids is 1. The smallest absolute Gasteiger partial charge is 0.191 e. The van der Waals surface area contributed by atoms with Gasteiger partial charge in [-0.1, -0.05) is 0 Å². The topological polar surface area (TPSA) is 30.0 Å². The van der Waals surface area contributed by atoms with Gasteiger partial charge in [0, 0.05) is 29.3 Å². The van der Waals surface area contributed by atoms with Gasteiger partial charge in [-0.15, -0.1) is 11.8 Å². The van der Waals surface area contributed by atoms with E-state index < -0.39 is 0 Å². The fourth-order valence-corrected chi connectivity index (χ4v) is 2.12. The number of hydrogen-bond donors (Lipinski definition) is 0. The number of hydrogen-bond acceptors (Lipinski definition) is 3. The van der Waals surface area contributed by atoms with Crippen molar-refractivity contribution in [3.63, 3.8) is 0 Å². The van der Waals surface area contributed by atoms with E-state index >= 15 is 0 Å². The fourth-order valence-electron chi connectivity index (χ4n) is 1.24. The molecule has 0 aliphatic carbocycles. The maximum Gasteiger partial charge on any atom is 0.191 e. The third kappa shape index (κ3) is 1.80. The van der Waals surface area contributed by atoms with Crippen LogP contribution in [0.3, 0.4) is 0 Å². The summed E-state index contributed by atoms with van der Waals surface area (Å²) >= 11 is 1.70. The average Bonchev–Trinajstić information content (AvgIpc) is 2.71. The molecule has 1 aromatic heterocycles. The lowest BCUT2D eigenvalue weighted by Crippen LogP contribution is -2.01. The zero-order valence-corrected chi connectivity index (χ0v) is 7.88. The van der Waals surface area contributed by atoms with Gasteiger partial charge in [0.15, 0.2) is 5.78 Å². The molecule has 1 aliphatic heterocycles. The van der Waals surface area contributed by atoms with E-state index in [2.05, 4.69) is 4.98 Å². The van der Waals surface area contributed by atoms with Gasteiger partial charge in [-0.3, -0.25) is 9.78 Å². The zero-order valence-electron chi connectivity index (χ0n) is 7.06. The Hall–Kier alpha value is -1.09. The summed E-state index contributed by atoms with van der Waals surface area (Å²) in [6.07, 6.45) is 4.18. The van der Waals surface area contributed by atoms with Gasteiger partial charge in [-0.25, -0.2) is 0 Å².